The monoisotopic (exact) mass is 474 g/mol. The highest BCUT2D eigenvalue weighted by molar-refractivity contribution is 5.80. The van der Waals surface area contributed by atoms with Gasteiger partial charge in [-0.05, 0) is 27.8 Å². The fraction of sp³-hybridized carbons (Fsp3) is 0.222. The number of rotatable bonds is 9. The number of carboxylic acids is 1. The van der Waals surface area contributed by atoms with Crippen LogP contribution in [-0.2, 0) is 19.2 Å². The highest BCUT2D eigenvalue weighted by Gasteiger charge is 2.31. The zero-order chi connectivity index (χ0) is 24.8. The van der Waals surface area contributed by atoms with E-state index in [1.807, 2.05) is 42.5 Å². The number of amides is 2. The molecule has 8 heteroatoms. The van der Waals surface area contributed by atoms with Crippen LogP contribution in [0.1, 0.15) is 35.6 Å². The van der Waals surface area contributed by atoms with Crippen LogP contribution in [0, 0.1) is 5.92 Å². The maximum atomic E-state index is 12.9. The first-order valence-electron chi connectivity index (χ1n) is 11.3. The summed E-state index contributed by atoms with van der Waals surface area (Å²) in [5, 5.41) is 11.5. The third-order valence-corrected chi connectivity index (χ3v) is 6.06. The number of fused-ring (bicyclic) bond motifs is 3. The molecule has 2 unspecified atom stereocenters. The number of carboxylic acid groups (broad SMARTS) is 1. The highest BCUT2D eigenvalue weighted by Crippen LogP contribution is 2.44. The second-order valence-electron chi connectivity index (χ2n) is 8.30. The van der Waals surface area contributed by atoms with Crippen LogP contribution in [0.5, 0.6) is 0 Å². The van der Waals surface area contributed by atoms with Crippen molar-refractivity contribution in [3.63, 3.8) is 0 Å². The van der Waals surface area contributed by atoms with E-state index >= 15 is 0 Å². The third kappa shape index (κ3) is 5.50. The summed E-state index contributed by atoms with van der Waals surface area (Å²) in [7, 11) is 0. The average molecular weight is 475 g/mol. The Morgan fingerprint density at radius 1 is 0.886 bits per heavy atom. The van der Waals surface area contributed by atoms with E-state index in [9.17, 15) is 14.4 Å². The molecule has 8 nitrogen and oxygen atoms in total. The molecule has 0 fully saturated rings. The minimum absolute atomic E-state index is 0.0894. The van der Waals surface area contributed by atoms with Gasteiger partial charge in [-0.15, -0.1) is 0 Å². The van der Waals surface area contributed by atoms with Gasteiger partial charge in [-0.1, -0.05) is 85.8 Å². The number of hydroxylamine groups is 1. The van der Waals surface area contributed by atoms with Gasteiger partial charge >= 0.3 is 12.1 Å². The molecule has 35 heavy (non-hydrogen) atoms. The van der Waals surface area contributed by atoms with Crippen molar-refractivity contribution < 1.29 is 29.1 Å². The summed E-state index contributed by atoms with van der Waals surface area (Å²) in [5.74, 6) is -2.64. The van der Waals surface area contributed by atoms with Crippen LogP contribution in [-0.4, -0.2) is 36.3 Å². The molecule has 3 N–H and O–H groups in total. The molecule has 4 rings (SSSR count). The van der Waals surface area contributed by atoms with E-state index < -0.39 is 36.5 Å². The Morgan fingerprint density at radius 2 is 1.46 bits per heavy atom. The second kappa shape index (κ2) is 10.8. The lowest BCUT2D eigenvalue weighted by Crippen LogP contribution is -2.41. The molecule has 0 spiro atoms. The quantitative estimate of drug-likeness (QED) is 0.404. The molecule has 3 aromatic carbocycles. The zero-order valence-electron chi connectivity index (χ0n) is 19.1. The van der Waals surface area contributed by atoms with Gasteiger partial charge in [0.25, 0.3) is 0 Å². The average Bonchev–Trinajstić information content (AvgIpc) is 3.19. The van der Waals surface area contributed by atoms with Crippen molar-refractivity contribution in [2.24, 2.45) is 5.92 Å². The first-order chi connectivity index (χ1) is 17.0. The predicted octanol–water partition coefficient (Wildman–Crippen LogP) is 4.03. The van der Waals surface area contributed by atoms with Gasteiger partial charge in [0.2, 0.25) is 5.91 Å². The minimum atomic E-state index is -1.21. The molecule has 2 amide bonds. The van der Waals surface area contributed by atoms with Gasteiger partial charge in [0.05, 0.1) is 12.0 Å². The first-order valence-corrected chi connectivity index (χ1v) is 11.3. The third-order valence-electron chi connectivity index (χ3n) is 6.06. The van der Waals surface area contributed by atoms with Crippen molar-refractivity contribution in [2.45, 2.75) is 18.9 Å². The highest BCUT2D eigenvalue weighted by atomic mass is 16.7. The topological polar surface area (TPSA) is 114 Å². The Labute approximate surface area is 202 Å². The normalized spacial score (nSPS) is 13.7. The summed E-state index contributed by atoms with van der Waals surface area (Å²) >= 11 is 0. The van der Waals surface area contributed by atoms with Crippen molar-refractivity contribution in [1.82, 2.24) is 10.8 Å². The fourth-order valence-corrected chi connectivity index (χ4v) is 4.34. The van der Waals surface area contributed by atoms with Crippen LogP contribution >= 0.6 is 0 Å². The molecule has 1 aliphatic carbocycles. The van der Waals surface area contributed by atoms with Crippen molar-refractivity contribution >= 4 is 18.0 Å². The standard InChI is InChI=1S/C27H26N2O6/c1-17(26(32)29-35-16-24(30)31)25(18-9-3-2-4-10-18)28-27(33)34-15-23-21-13-7-5-11-19(21)20-12-6-8-14-22(20)23/h2-14,17,23,25H,15-16H2,1H3,(H,28,33)(H,29,32)(H,30,31). The smallest absolute Gasteiger partial charge is 0.407 e. The molecule has 0 aromatic heterocycles. The Bertz CT molecular complexity index is 1170. The number of hydrogen-bond acceptors (Lipinski definition) is 5. The molecule has 0 bridgehead atoms. The first kappa shape index (κ1) is 24.0. The van der Waals surface area contributed by atoms with Crippen LogP contribution in [0.15, 0.2) is 78.9 Å². The Hall–Kier alpha value is -4.17. The van der Waals surface area contributed by atoms with E-state index in [1.165, 1.54) is 0 Å². The molecule has 0 aliphatic heterocycles. The van der Waals surface area contributed by atoms with E-state index in [0.717, 1.165) is 22.3 Å². The molecular formula is C27H26N2O6. The summed E-state index contributed by atoms with van der Waals surface area (Å²) in [6, 6.07) is 24.4. The predicted molar refractivity (Wildman–Crippen MR) is 128 cm³/mol. The number of nitrogens with one attached hydrogen (secondary N) is 2. The van der Waals surface area contributed by atoms with Gasteiger partial charge in [-0.3, -0.25) is 9.63 Å². The molecule has 0 heterocycles. The molecule has 180 valence electrons. The van der Waals surface area contributed by atoms with Crippen LogP contribution in [0.25, 0.3) is 11.1 Å². The number of alkyl carbamates (subject to hydrolysis) is 1. The van der Waals surface area contributed by atoms with E-state index in [1.54, 1.807) is 31.2 Å². The molecule has 0 saturated heterocycles. The fourth-order valence-electron chi connectivity index (χ4n) is 4.34. The van der Waals surface area contributed by atoms with Crippen molar-refractivity contribution in [3.8, 4) is 11.1 Å². The molecular weight excluding hydrogens is 448 g/mol. The Balaban J connectivity index is 1.45. The lowest BCUT2D eigenvalue weighted by molar-refractivity contribution is -0.150. The number of ether oxygens (including phenoxy) is 1. The van der Waals surface area contributed by atoms with Crippen molar-refractivity contribution in [1.29, 1.82) is 0 Å². The maximum Gasteiger partial charge on any atom is 0.407 e. The lowest BCUT2D eigenvalue weighted by atomic mass is 9.94. The van der Waals surface area contributed by atoms with Crippen molar-refractivity contribution in [3.05, 3.63) is 95.6 Å². The van der Waals surface area contributed by atoms with E-state index in [-0.39, 0.29) is 12.5 Å². The lowest BCUT2D eigenvalue weighted by Gasteiger charge is -2.25. The number of benzene rings is 3. The van der Waals surface area contributed by atoms with E-state index in [0.29, 0.717) is 5.56 Å². The van der Waals surface area contributed by atoms with Gasteiger partial charge in [-0.2, -0.15) is 0 Å². The summed E-state index contributed by atoms with van der Waals surface area (Å²) in [6.07, 6.45) is -0.660. The molecule has 2 atom stereocenters. The van der Waals surface area contributed by atoms with Gasteiger partial charge in [0, 0.05) is 5.92 Å². The van der Waals surface area contributed by atoms with Gasteiger partial charge in [0.1, 0.15) is 6.61 Å². The van der Waals surface area contributed by atoms with Crippen LogP contribution in [0.3, 0.4) is 0 Å². The van der Waals surface area contributed by atoms with Crippen LogP contribution < -0.4 is 10.8 Å². The molecule has 0 radical (unpaired) electrons. The SMILES string of the molecule is CC(C(=O)NOCC(=O)O)C(NC(=O)OCC1c2ccccc2-c2ccccc21)c1ccccc1. The van der Waals surface area contributed by atoms with E-state index in [2.05, 4.69) is 22.9 Å². The summed E-state index contributed by atoms with van der Waals surface area (Å²) in [4.78, 5) is 40.7. The number of carbonyl (C=O) groups excluding carboxylic acids is 2. The Kier molecular flexibility index (Phi) is 7.42. The second-order valence-corrected chi connectivity index (χ2v) is 8.30. The van der Waals surface area contributed by atoms with Crippen LogP contribution in [0.2, 0.25) is 0 Å². The van der Waals surface area contributed by atoms with Gasteiger partial charge < -0.3 is 15.2 Å². The Morgan fingerprint density at radius 3 is 2.06 bits per heavy atom. The maximum absolute atomic E-state index is 12.9. The van der Waals surface area contributed by atoms with Gasteiger partial charge in [-0.25, -0.2) is 15.1 Å². The summed E-state index contributed by atoms with van der Waals surface area (Å²) in [6.45, 7) is 1.08. The molecule has 1 aliphatic rings. The zero-order valence-corrected chi connectivity index (χ0v) is 19.1. The van der Waals surface area contributed by atoms with E-state index in [4.69, 9.17) is 14.7 Å². The number of aliphatic carboxylic acids is 1. The van der Waals surface area contributed by atoms with Crippen molar-refractivity contribution in [2.75, 3.05) is 13.2 Å². The van der Waals surface area contributed by atoms with Gasteiger partial charge in [0.15, 0.2) is 6.61 Å². The summed E-state index contributed by atoms with van der Waals surface area (Å²) in [5.41, 5.74) is 7.28. The largest absolute Gasteiger partial charge is 0.479 e. The molecule has 3 aromatic rings. The minimum Gasteiger partial charge on any atom is -0.479 e. The molecule has 0 saturated carbocycles. The summed E-state index contributed by atoms with van der Waals surface area (Å²) < 4.78 is 5.64. The van der Waals surface area contributed by atoms with Crippen LogP contribution in [0.4, 0.5) is 4.79 Å². The number of carbonyl (C=O) groups is 3. The number of hydrogen-bond donors (Lipinski definition) is 3.